The van der Waals surface area contributed by atoms with E-state index in [1.165, 1.54) is 28.4 Å². The zero-order chi connectivity index (χ0) is 23.6. The minimum Gasteiger partial charge on any atom is -0.497 e. The van der Waals surface area contributed by atoms with Crippen LogP contribution in [-0.4, -0.2) is 74.7 Å². The van der Waals surface area contributed by atoms with Crippen LogP contribution in [0.2, 0.25) is 0 Å². The summed E-state index contributed by atoms with van der Waals surface area (Å²) in [6, 6.07) is 11.7. The standard InChI is InChI=1S/C22H24N4O6S/c1-32-15-6-8-16(9-7-15)33(30,31)26-12-10-25(11-13-26)20(27)14-19-22(29)23-18-5-3-2-4-17(18)21(28)24-19/h2-9,19H,10-14H2,1H3,(H,23,29)(H,24,28). The lowest BCUT2D eigenvalue weighted by Crippen LogP contribution is -2.52. The van der Waals surface area contributed by atoms with Crippen LogP contribution in [0.3, 0.4) is 0 Å². The topological polar surface area (TPSA) is 125 Å². The van der Waals surface area contributed by atoms with E-state index >= 15 is 0 Å². The van der Waals surface area contributed by atoms with Gasteiger partial charge in [-0.25, -0.2) is 8.42 Å². The molecule has 2 heterocycles. The monoisotopic (exact) mass is 472 g/mol. The third kappa shape index (κ3) is 4.69. The van der Waals surface area contributed by atoms with Gasteiger partial charge in [-0.15, -0.1) is 0 Å². The van der Waals surface area contributed by atoms with Crippen LogP contribution in [0.25, 0.3) is 0 Å². The van der Waals surface area contributed by atoms with Gasteiger partial charge in [0.2, 0.25) is 21.8 Å². The quantitative estimate of drug-likeness (QED) is 0.659. The van der Waals surface area contributed by atoms with E-state index in [0.29, 0.717) is 17.0 Å². The number of para-hydroxylation sites is 1. The van der Waals surface area contributed by atoms with Crippen molar-refractivity contribution in [1.29, 1.82) is 0 Å². The fourth-order valence-corrected chi connectivity index (χ4v) is 5.26. The smallest absolute Gasteiger partial charge is 0.254 e. The number of amides is 3. The van der Waals surface area contributed by atoms with E-state index in [1.54, 1.807) is 36.4 Å². The summed E-state index contributed by atoms with van der Waals surface area (Å²) < 4.78 is 32.2. The number of benzene rings is 2. The van der Waals surface area contributed by atoms with Crippen LogP contribution in [0.1, 0.15) is 16.8 Å². The largest absolute Gasteiger partial charge is 0.497 e. The number of carbonyl (C=O) groups excluding carboxylic acids is 3. The van der Waals surface area contributed by atoms with Gasteiger partial charge in [0.1, 0.15) is 11.8 Å². The molecule has 0 aromatic heterocycles. The van der Waals surface area contributed by atoms with E-state index in [-0.39, 0.29) is 43.4 Å². The van der Waals surface area contributed by atoms with Crippen LogP contribution >= 0.6 is 0 Å². The summed E-state index contributed by atoms with van der Waals surface area (Å²) in [5, 5.41) is 5.28. The molecule has 0 radical (unpaired) electrons. The number of rotatable bonds is 5. The summed E-state index contributed by atoms with van der Waals surface area (Å²) in [5.41, 5.74) is 0.727. The van der Waals surface area contributed by atoms with Gasteiger partial charge in [-0.2, -0.15) is 4.31 Å². The van der Waals surface area contributed by atoms with Gasteiger partial charge in [-0.3, -0.25) is 14.4 Å². The van der Waals surface area contributed by atoms with Gasteiger partial charge in [0.05, 0.1) is 29.7 Å². The average molecular weight is 473 g/mol. The van der Waals surface area contributed by atoms with E-state index in [2.05, 4.69) is 10.6 Å². The van der Waals surface area contributed by atoms with Gasteiger partial charge in [-0.1, -0.05) is 12.1 Å². The highest BCUT2D eigenvalue weighted by Crippen LogP contribution is 2.22. The second-order valence-electron chi connectivity index (χ2n) is 7.73. The molecule has 0 aliphatic carbocycles. The summed E-state index contributed by atoms with van der Waals surface area (Å²) in [6.07, 6.45) is -0.212. The molecule has 33 heavy (non-hydrogen) atoms. The summed E-state index contributed by atoms with van der Waals surface area (Å²) in [6.45, 7) is 0.650. The molecule has 2 aromatic carbocycles. The van der Waals surface area contributed by atoms with Crippen molar-refractivity contribution in [1.82, 2.24) is 14.5 Å². The number of hydrogen-bond acceptors (Lipinski definition) is 6. The van der Waals surface area contributed by atoms with Crippen LogP contribution < -0.4 is 15.4 Å². The molecular formula is C22H24N4O6S. The van der Waals surface area contributed by atoms with Crippen molar-refractivity contribution in [3.63, 3.8) is 0 Å². The Bertz CT molecular complexity index is 1170. The predicted molar refractivity (Wildman–Crippen MR) is 119 cm³/mol. The third-order valence-corrected chi connectivity index (χ3v) is 7.63. The molecular weight excluding hydrogens is 448 g/mol. The van der Waals surface area contributed by atoms with Crippen LogP contribution in [0.5, 0.6) is 5.75 Å². The van der Waals surface area contributed by atoms with Crippen molar-refractivity contribution in [2.24, 2.45) is 0 Å². The SMILES string of the molecule is COc1ccc(S(=O)(=O)N2CCN(C(=O)CC3NC(=O)c4ccccc4NC3=O)CC2)cc1. The van der Waals surface area contributed by atoms with E-state index in [0.717, 1.165) is 0 Å². The van der Waals surface area contributed by atoms with Gasteiger partial charge in [0.15, 0.2) is 0 Å². The molecule has 0 saturated carbocycles. The van der Waals surface area contributed by atoms with Crippen LogP contribution in [0.4, 0.5) is 5.69 Å². The minimum atomic E-state index is -3.70. The number of carbonyl (C=O) groups is 3. The summed E-state index contributed by atoms with van der Waals surface area (Å²) >= 11 is 0. The van der Waals surface area contributed by atoms with Crippen molar-refractivity contribution in [2.75, 3.05) is 38.6 Å². The first-order chi connectivity index (χ1) is 15.8. The zero-order valence-electron chi connectivity index (χ0n) is 18.0. The molecule has 2 aromatic rings. The number of sulfonamides is 1. The molecule has 2 aliphatic rings. The summed E-state index contributed by atoms with van der Waals surface area (Å²) in [7, 11) is -2.19. The fraction of sp³-hybridized carbons (Fsp3) is 0.318. The number of nitrogens with zero attached hydrogens (tertiary/aromatic N) is 2. The molecule has 2 aliphatic heterocycles. The fourth-order valence-electron chi connectivity index (χ4n) is 3.83. The highest BCUT2D eigenvalue weighted by Gasteiger charge is 2.34. The summed E-state index contributed by atoms with van der Waals surface area (Å²) in [4.78, 5) is 39.5. The lowest BCUT2D eigenvalue weighted by atomic mass is 10.1. The molecule has 0 bridgehead atoms. The predicted octanol–water partition coefficient (Wildman–Crippen LogP) is 0.669. The Labute approximate surface area is 191 Å². The van der Waals surface area contributed by atoms with E-state index in [9.17, 15) is 22.8 Å². The number of methoxy groups -OCH3 is 1. The van der Waals surface area contributed by atoms with Gasteiger partial charge in [0, 0.05) is 26.2 Å². The molecule has 1 saturated heterocycles. The second-order valence-corrected chi connectivity index (χ2v) is 9.66. The maximum absolute atomic E-state index is 12.9. The van der Waals surface area contributed by atoms with Crippen LogP contribution in [0.15, 0.2) is 53.4 Å². The molecule has 0 spiro atoms. The molecule has 174 valence electrons. The van der Waals surface area contributed by atoms with Crippen LogP contribution in [-0.2, 0) is 19.6 Å². The molecule has 1 atom stereocenters. The Balaban J connectivity index is 1.36. The number of fused-ring (bicyclic) bond motifs is 1. The van der Waals surface area contributed by atoms with Gasteiger partial charge in [0.25, 0.3) is 5.91 Å². The Morgan fingerprint density at radius 2 is 1.70 bits per heavy atom. The molecule has 11 heteroatoms. The Morgan fingerprint density at radius 3 is 2.36 bits per heavy atom. The second kappa shape index (κ2) is 9.20. The first-order valence-electron chi connectivity index (χ1n) is 10.4. The highest BCUT2D eigenvalue weighted by atomic mass is 32.2. The Hall–Kier alpha value is -3.44. The normalized spacial score (nSPS) is 19.2. The number of nitrogens with one attached hydrogen (secondary N) is 2. The van der Waals surface area contributed by atoms with Gasteiger partial charge in [-0.05, 0) is 36.4 Å². The summed E-state index contributed by atoms with van der Waals surface area (Å²) in [5.74, 6) is -0.676. The maximum atomic E-state index is 12.9. The molecule has 1 unspecified atom stereocenters. The zero-order valence-corrected chi connectivity index (χ0v) is 18.8. The van der Waals surface area contributed by atoms with Crippen molar-refractivity contribution in [2.45, 2.75) is 17.4 Å². The van der Waals surface area contributed by atoms with E-state index in [1.807, 2.05) is 0 Å². The number of hydrogen-bond donors (Lipinski definition) is 2. The third-order valence-electron chi connectivity index (χ3n) is 5.72. The van der Waals surface area contributed by atoms with Crippen molar-refractivity contribution >= 4 is 33.4 Å². The highest BCUT2D eigenvalue weighted by molar-refractivity contribution is 7.89. The lowest BCUT2D eigenvalue weighted by Gasteiger charge is -2.34. The molecule has 4 rings (SSSR count). The van der Waals surface area contributed by atoms with Crippen molar-refractivity contribution < 1.29 is 27.5 Å². The lowest BCUT2D eigenvalue weighted by molar-refractivity contribution is -0.134. The van der Waals surface area contributed by atoms with Gasteiger partial charge >= 0.3 is 0 Å². The molecule has 1 fully saturated rings. The van der Waals surface area contributed by atoms with Gasteiger partial charge < -0.3 is 20.3 Å². The number of ether oxygens (including phenoxy) is 1. The molecule has 3 amide bonds. The number of anilines is 1. The van der Waals surface area contributed by atoms with E-state index < -0.39 is 27.9 Å². The minimum absolute atomic E-state index is 0.134. The average Bonchev–Trinajstić information content (AvgIpc) is 2.95. The maximum Gasteiger partial charge on any atom is 0.254 e. The Kier molecular flexibility index (Phi) is 6.34. The molecule has 2 N–H and O–H groups in total. The van der Waals surface area contributed by atoms with Crippen molar-refractivity contribution in [3.05, 3.63) is 54.1 Å². The first kappa shape index (κ1) is 22.7. The first-order valence-corrected chi connectivity index (χ1v) is 11.9. The number of piperazine rings is 1. The van der Waals surface area contributed by atoms with Crippen molar-refractivity contribution in [3.8, 4) is 5.75 Å². The Morgan fingerprint density at radius 1 is 1.03 bits per heavy atom. The van der Waals surface area contributed by atoms with E-state index in [4.69, 9.17) is 4.74 Å². The molecule has 10 nitrogen and oxygen atoms in total. The van der Waals surface area contributed by atoms with Crippen LogP contribution in [0, 0.1) is 0 Å².